The molecule has 0 heterocycles. The Morgan fingerprint density at radius 2 is 2.15 bits per heavy atom. The van der Waals surface area contributed by atoms with Gasteiger partial charge in [-0.15, -0.1) is 0 Å². The van der Waals surface area contributed by atoms with Crippen molar-refractivity contribution in [2.75, 3.05) is 0 Å². The quantitative estimate of drug-likeness (QED) is 0.868. The third kappa shape index (κ3) is 4.10. The molecule has 0 aliphatic heterocycles. The molecule has 1 aliphatic rings. The van der Waals surface area contributed by atoms with Crippen LogP contribution in [0.4, 0.5) is 4.79 Å². The highest BCUT2D eigenvalue weighted by atomic mass is 35.5. The first-order chi connectivity index (χ1) is 9.69. The highest BCUT2D eigenvalue weighted by Gasteiger charge is 2.21. The van der Waals surface area contributed by atoms with Crippen LogP contribution in [0.2, 0.25) is 0 Å². The molecule has 0 aromatic heterocycles. The first-order valence-corrected chi connectivity index (χ1v) is 6.86. The lowest BCUT2D eigenvalue weighted by atomic mass is 9.95. The van der Waals surface area contributed by atoms with E-state index >= 15 is 0 Å². The highest BCUT2D eigenvalue weighted by Crippen LogP contribution is 2.26. The SMILES string of the molecule is O=CC1=C(Cl)CCC(NC(=O)OCc2ccccc2)C1. The number of hydrogen-bond acceptors (Lipinski definition) is 3. The number of halogens is 1. The van der Waals surface area contributed by atoms with Crippen LogP contribution in [0.25, 0.3) is 0 Å². The van der Waals surface area contributed by atoms with Crippen molar-refractivity contribution in [2.24, 2.45) is 0 Å². The minimum absolute atomic E-state index is 0.0963. The first-order valence-electron chi connectivity index (χ1n) is 6.49. The zero-order valence-electron chi connectivity index (χ0n) is 11.0. The largest absolute Gasteiger partial charge is 0.445 e. The fourth-order valence-electron chi connectivity index (χ4n) is 2.11. The summed E-state index contributed by atoms with van der Waals surface area (Å²) in [4.78, 5) is 22.5. The summed E-state index contributed by atoms with van der Waals surface area (Å²) in [6.45, 7) is 0.233. The summed E-state index contributed by atoms with van der Waals surface area (Å²) in [6.07, 6.45) is 2.08. The van der Waals surface area contributed by atoms with E-state index in [1.807, 2.05) is 30.3 Å². The minimum Gasteiger partial charge on any atom is -0.445 e. The van der Waals surface area contributed by atoms with Gasteiger partial charge in [-0.2, -0.15) is 0 Å². The normalized spacial score (nSPS) is 18.6. The number of ether oxygens (including phenoxy) is 1. The topological polar surface area (TPSA) is 55.4 Å². The highest BCUT2D eigenvalue weighted by molar-refractivity contribution is 6.31. The van der Waals surface area contributed by atoms with Crippen molar-refractivity contribution in [3.8, 4) is 0 Å². The lowest BCUT2D eigenvalue weighted by molar-refractivity contribution is -0.105. The molecule has 4 nitrogen and oxygen atoms in total. The van der Waals surface area contributed by atoms with Crippen molar-refractivity contribution in [1.82, 2.24) is 5.32 Å². The monoisotopic (exact) mass is 293 g/mol. The molecule has 1 amide bonds. The van der Waals surface area contributed by atoms with Gasteiger partial charge in [0, 0.05) is 16.6 Å². The Bertz CT molecular complexity index is 513. The number of amides is 1. The van der Waals surface area contributed by atoms with Crippen LogP contribution in [0.5, 0.6) is 0 Å². The van der Waals surface area contributed by atoms with Gasteiger partial charge in [-0.3, -0.25) is 4.79 Å². The molecule has 1 aliphatic carbocycles. The molecule has 0 spiro atoms. The number of carbonyl (C=O) groups is 2. The van der Waals surface area contributed by atoms with Gasteiger partial charge in [0.25, 0.3) is 0 Å². The smallest absolute Gasteiger partial charge is 0.407 e. The summed E-state index contributed by atoms with van der Waals surface area (Å²) in [7, 11) is 0. The number of alkyl carbamates (subject to hydrolysis) is 1. The Hall–Kier alpha value is -1.81. The lowest BCUT2D eigenvalue weighted by Gasteiger charge is -2.23. The van der Waals surface area contributed by atoms with Crippen LogP contribution >= 0.6 is 11.6 Å². The predicted molar refractivity (Wildman–Crippen MR) is 76.3 cm³/mol. The van der Waals surface area contributed by atoms with Crippen LogP contribution in [0, 0.1) is 0 Å². The number of nitrogens with one attached hydrogen (secondary N) is 1. The summed E-state index contributed by atoms with van der Waals surface area (Å²) in [6, 6.07) is 9.37. The first kappa shape index (κ1) is 14.6. The number of benzene rings is 1. The van der Waals surface area contributed by atoms with Crippen molar-refractivity contribution in [2.45, 2.75) is 31.9 Å². The standard InChI is InChI=1S/C15H16ClNO3/c16-14-7-6-13(8-12(14)9-18)17-15(19)20-10-11-4-2-1-3-5-11/h1-5,9,13H,6-8,10H2,(H,17,19). The van der Waals surface area contributed by atoms with Crippen LogP contribution in [-0.2, 0) is 16.1 Å². The van der Waals surface area contributed by atoms with E-state index < -0.39 is 6.09 Å². The summed E-state index contributed by atoms with van der Waals surface area (Å²) >= 11 is 5.93. The molecule has 1 atom stereocenters. The maximum atomic E-state index is 11.7. The van der Waals surface area contributed by atoms with Gasteiger partial charge < -0.3 is 10.1 Å². The van der Waals surface area contributed by atoms with E-state index in [1.54, 1.807) is 0 Å². The number of aldehydes is 1. The molecule has 1 unspecified atom stereocenters. The van der Waals surface area contributed by atoms with E-state index in [9.17, 15) is 9.59 Å². The second kappa shape index (κ2) is 7.10. The van der Waals surface area contributed by atoms with Crippen molar-refractivity contribution in [1.29, 1.82) is 0 Å². The molecule has 0 bridgehead atoms. The molecule has 106 valence electrons. The fraction of sp³-hybridized carbons (Fsp3) is 0.333. The molecular formula is C15H16ClNO3. The van der Waals surface area contributed by atoms with Gasteiger partial charge >= 0.3 is 6.09 Å². The van der Waals surface area contributed by atoms with E-state index in [0.29, 0.717) is 23.4 Å². The Labute approximate surface area is 122 Å². The lowest BCUT2D eigenvalue weighted by Crippen LogP contribution is -2.37. The molecule has 0 saturated carbocycles. The molecule has 1 aromatic rings. The zero-order valence-corrected chi connectivity index (χ0v) is 11.7. The summed E-state index contributed by atoms with van der Waals surface area (Å²) in [5.74, 6) is 0. The van der Waals surface area contributed by atoms with E-state index in [4.69, 9.17) is 16.3 Å². The molecule has 0 radical (unpaired) electrons. The van der Waals surface area contributed by atoms with Crippen LogP contribution in [-0.4, -0.2) is 18.4 Å². The molecule has 0 saturated heterocycles. The Balaban J connectivity index is 1.79. The third-order valence-electron chi connectivity index (χ3n) is 3.20. The van der Waals surface area contributed by atoms with Crippen LogP contribution in [0.15, 0.2) is 40.9 Å². The number of allylic oxidation sites excluding steroid dienone is 1. The summed E-state index contributed by atoms with van der Waals surface area (Å²) < 4.78 is 5.14. The molecule has 2 rings (SSSR count). The van der Waals surface area contributed by atoms with Gasteiger partial charge in [0.15, 0.2) is 0 Å². The molecule has 5 heteroatoms. The molecule has 1 aromatic carbocycles. The van der Waals surface area contributed by atoms with E-state index in [2.05, 4.69) is 5.32 Å². The minimum atomic E-state index is -0.470. The Kier molecular flexibility index (Phi) is 5.18. The van der Waals surface area contributed by atoms with Crippen molar-refractivity contribution >= 4 is 24.0 Å². The molecular weight excluding hydrogens is 278 g/mol. The fourth-order valence-corrected chi connectivity index (χ4v) is 2.34. The van der Waals surface area contributed by atoms with Crippen LogP contribution in [0.1, 0.15) is 24.8 Å². The number of hydrogen-bond donors (Lipinski definition) is 1. The van der Waals surface area contributed by atoms with E-state index in [-0.39, 0.29) is 12.6 Å². The van der Waals surface area contributed by atoms with Crippen LogP contribution in [0.3, 0.4) is 0 Å². The maximum Gasteiger partial charge on any atom is 0.407 e. The van der Waals surface area contributed by atoms with Gasteiger partial charge in [0.05, 0.1) is 0 Å². The molecule has 0 fully saturated rings. The van der Waals surface area contributed by atoms with Crippen molar-refractivity contribution in [3.63, 3.8) is 0 Å². The second-order valence-electron chi connectivity index (χ2n) is 4.69. The summed E-state index contributed by atoms with van der Waals surface area (Å²) in [5.41, 5.74) is 1.49. The van der Waals surface area contributed by atoms with Gasteiger partial charge in [-0.1, -0.05) is 41.9 Å². The van der Waals surface area contributed by atoms with Crippen molar-refractivity contribution < 1.29 is 14.3 Å². The molecule has 20 heavy (non-hydrogen) atoms. The second-order valence-corrected chi connectivity index (χ2v) is 5.15. The maximum absolute atomic E-state index is 11.7. The third-order valence-corrected chi connectivity index (χ3v) is 3.64. The van der Waals surface area contributed by atoms with Gasteiger partial charge in [0.1, 0.15) is 12.9 Å². The van der Waals surface area contributed by atoms with E-state index in [0.717, 1.165) is 18.3 Å². The molecule has 1 N–H and O–H groups in total. The average molecular weight is 294 g/mol. The number of rotatable bonds is 4. The van der Waals surface area contributed by atoms with Gasteiger partial charge in [-0.25, -0.2) is 4.79 Å². The predicted octanol–water partition coefficient (Wildman–Crippen LogP) is 3.16. The average Bonchev–Trinajstić information content (AvgIpc) is 2.48. The van der Waals surface area contributed by atoms with Crippen molar-refractivity contribution in [3.05, 3.63) is 46.5 Å². The van der Waals surface area contributed by atoms with Gasteiger partial charge in [0.2, 0.25) is 0 Å². The van der Waals surface area contributed by atoms with E-state index in [1.165, 1.54) is 0 Å². The zero-order chi connectivity index (χ0) is 14.4. The van der Waals surface area contributed by atoms with Gasteiger partial charge in [-0.05, 0) is 24.8 Å². The number of carbonyl (C=O) groups excluding carboxylic acids is 2. The Morgan fingerprint density at radius 3 is 2.85 bits per heavy atom. The summed E-state index contributed by atoms with van der Waals surface area (Å²) in [5, 5.41) is 3.35. The Morgan fingerprint density at radius 1 is 1.40 bits per heavy atom. The van der Waals surface area contributed by atoms with Crippen LogP contribution < -0.4 is 5.32 Å².